The maximum Gasteiger partial charge on any atom is 0.165 e. The Balaban J connectivity index is 2.09. The lowest BCUT2D eigenvalue weighted by atomic mass is 9.97. The predicted molar refractivity (Wildman–Crippen MR) is 78.5 cm³/mol. The lowest BCUT2D eigenvalue weighted by Gasteiger charge is -2.24. The molecule has 0 aliphatic carbocycles. The Labute approximate surface area is 123 Å². The van der Waals surface area contributed by atoms with Crippen LogP contribution in [0.3, 0.4) is 0 Å². The molecule has 0 aliphatic rings. The van der Waals surface area contributed by atoms with Gasteiger partial charge in [-0.15, -0.1) is 0 Å². The Hall–Kier alpha value is -1.91. The number of aliphatic hydroxyl groups is 2. The highest BCUT2D eigenvalue weighted by atomic mass is 19.1. The van der Waals surface area contributed by atoms with E-state index in [0.29, 0.717) is 11.1 Å². The summed E-state index contributed by atoms with van der Waals surface area (Å²) >= 11 is 0. The van der Waals surface area contributed by atoms with Gasteiger partial charge in [0.25, 0.3) is 0 Å². The van der Waals surface area contributed by atoms with Gasteiger partial charge in [-0.1, -0.05) is 36.4 Å². The summed E-state index contributed by atoms with van der Waals surface area (Å²) in [6.07, 6.45) is -0.735. The van der Waals surface area contributed by atoms with Crippen LogP contribution in [0, 0.1) is 5.82 Å². The van der Waals surface area contributed by atoms with Crippen molar-refractivity contribution in [2.45, 2.75) is 25.6 Å². The quantitative estimate of drug-likeness (QED) is 0.889. The van der Waals surface area contributed by atoms with Crippen molar-refractivity contribution in [2.75, 3.05) is 6.61 Å². The minimum absolute atomic E-state index is 0.0515. The summed E-state index contributed by atoms with van der Waals surface area (Å²) in [4.78, 5) is 0. The van der Waals surface area contributed by atoms with E-state index in [1.54, 1.807) is 32.0 Å². The molecule has 2 atom stereocenters. The highest BCUT2D eigenvalue weighted by Gasteiger charge is 2.24. The van der Waals surface area contributed by atoms with Crippen LogP contribution >= 0.6 is 0 Å². The number of benzene rings is 2. The molecule has 0 radical (unpaired) electrons. The number of hydrogen-bond donors (Lipinski definition) is 2. The highest BCUT2D eigenvalue weighted by molar-refractivity contribution is 5.31. The molecule has 0 heterocycles. The predicted octanol–water partition coefficient (Wildman–Crippen LogP) is 3.17. The van der Waals surface area contributed by atoms with Crippen LogP contribution in [0.5, 0.6) is 5.75 Å². The highest BCUT2D eigenvalue weighted by Crippen LogP contribution is 2.25. The van der Waals surface area contributed by atoms with Crippen LogP contribution in [-0.4, -0.2) is 16.8 Å². The lowest BCUT2D eigenvalue weighted by Crippen LogP contribution is -2.29. The van der Waals surface area contributed by atoms with E-state index in [2.05, 4.69) is 0 Å². The molecule has 3 nitrogen and oxygen atoms in total. The summed E-state index contributed by atoms with van der Waals surface area (Å²) in [6, 6.07) is 13.4. The van der Waals surface area contributed by atoms with Crippen LogP contribution in [0.2, 0.25) is 0 Å². The lowest BCUT2D eigenvalue weighted by molar-refractivity contribution is 0.00640. The van der Waals surface area contributed by atoms with Gasteiger partial charge >= 0.3 is 0 Å². The normalized spacial score (nSPS) is 15.3. The van der Waals surface area contributed by atoms with Crippen LogP contribution in [0.1, 0.15) is 31.1 Å². The monoisotopic (exact) mass is 290 g/mol. The Kier molecular flexibility index (Phi) is 4.60. The second kappa shape index (κ2) is 6.24. The largest absolute Gasteiger partial charge is 0.487 e. The molecule has 2 rings (SSSR count). The molecule has 0 saturated carbocycles. The molecular weight excluding hydrogens is 271 g/mol. The molecule has 0 bridgehead atoms. The average Bonchev–Trinajstić information content (AvgIpc) is 2.46. The molecule has 0 aliphatic heterocycles. The third-order valence-corrected chi connectivity index (χ3v) is 3.34. The summed E-state index contributed by atoms with van der Waals surface area (Å²) in [5.41, 5.74) is -0.0305. The first-order valence-corrected chi connectivity index (χ1v) is 6.78. The number of halogens is 1. The Bertz CT molecular complexity index is 594. The molecule has 0 fully saturated rings. The molecule has 0 amide bonds. The van der Waals surface area contributed by atoms with Gasteiger partial charge in [-0.3, -0.25) is 0 Å². The molecule has 21 heavy (non-hydrogen) atoms. The van der Waals surface area contributed by atoms with Gasteiger partial charge in [0.1, 0.15) is 12.2 Å². The van der Waals surface area contributed by atoms with Gasteiger partial charge in [-0.05, 0) is 37.1 Å². The van der Waals surface area contributed by atoms with Crippen molar-refractivity contribution in [3.63, 3.8) is 0 Å². The van der Waals surface area contributed by atoms with Crippen molar-refractivity contribution in [1.82, 2.24) is 0 Å². The average molecular weight is 290 g/mol. The summed E-state index contributed by atoms with van der Waals surface area (Å²) in [7, 11) is 0. The van der Waals surface area contributed by atoms with Gasteiger partial charge in [0.05, 0.1) is 6.10 Å². The number of aliphatic hydroxyl groups excluding tert-OH is 1. The fourth-order valence-corrected chi connectivity index (χ4v) is 1.99. The molecule has 0 aromatic heterocycles. The first-order valence-electron chi connectivity index (χ1n) is 6.78. The fourth-order valence-electron chi connectivity index (χ4n) is 1.99. The zero-order chi connectivity index (χ0) is 15.5. The van der Waals surface area contributed by atoms with E-state index in [4.69, 9.17) is 4.74 Å². The zero-order valence-electron chi connectivity index (χ0n) is 12.1. The van der Waals surface area contributed by atoms with E-state index in [1.165, 1.54) is 12.1 Å². The van der Waals surface area contributed by atoms with Crippen LogP contribution in [0.15, 0.2) is 48.5 Å². The first-order chi connectivity index (χ1) is 9.90. The third kappa shape index (κ3) is 3.80. The molecule has 2 aromatic carbocycles. The van der Waals surface area contributed by atoms with Crippen molar-refractivity contribution in [3.05, 3.63) is 65.5 Å². The zero-order valence-corrected chi connectivity index (χ0v) is 12.1. The van der Waals surface area contributed by atoms with E-state index in [-0.39, 0.29) is 12.4 Å². The summed E-state index contributed by atoms with van der Waals surface area (Å²) in [5.74, 6) is -0.507. The molecule has 0 saturated heterocycles. The molecule has 2 aromatic rings. The number of hydrogen-bond acceptors (Lipinski definition) is 3. The topological polar surface area (TPSA) is 49.7 Å². The van der Waals surface area contributed by atoms with E-state index >= 15 is 0 Å². The number of rotatable bonds is 5. The van der Waals surface area contributed by atoms with Crippen molar-refractivity contribution in [3.8, 4) is 5.75 Å². The smallest absolute Gasteiger partial charge is 0.165 e. The minimum atomic E-state index is -1.21. The van der Waals surface area contributed by atoms with E-state index in [9.17, 15) is 14.6 Å². The standard InChI is InChI=1S/C17H19FO3/c1-12(19)13-8-9-16(15(18)10-13)21-11-17(2,20)14-6-4-3-5-7-14/h3-10,12,19-20H,11H2,1-2H3. The number of ether oxygens (including phenoxy) is 1. The summed E-state index contributed by atoms with van der Waals surface area (Å²) < 4.78 is 19.3. The molecule has 0 spiro atoms. The Morgan fingerprint density at radius 3 is 2.43 bits per heavy atom. The van der Waals surface area contributed by atoms with Crippen LogP contribution in [0.4, 0.5) is 4.39 Å². The van der Waals surface area contributed by atoms with Gasteiger partial charge in [-0.25, -0.2) is 4.39 Å². The van der Waals surface area contributed by atoms with Crippen LogP contribution < -0.4 is 4.74 Å². The molecular formula is C17H19FO3. The van der Waals surface area contributed by atoms with Crippen LogP contribution in [-0.2, 0) is 5.60 Å². The maximum absolute atomic E-state index is 13.9. The van der Waals surface area contributed by atoms with Crippen molar-refractivity contribution < 1.29 is 19.3 Å². The van der Waals surface area contributed by atoms with E-state index in [0.717, 1.165) is 0 Å². The van der Waals surface area contributed by atoms with Gasteiger partial charge in [0.15, 0.2) is 11.6 Å². The van der Waals surface area contributed by atoms with Gasteiger partial charge in [0.2, 0.25) is 0 Å². The SMILES string of the molecule is CC(O)c1ccc(OCC(C)(O)c2ccccc2)c(F)c1. The minimum Gasteiger partial charge on any atom is -0.487 e. The van der Waals surface area contributed by atoms with E-state index < -0.39 is 17.5 Å². The van der Waals surface area contributed by atoms with Gasteiger partial charge in [0, 0.05) is 0 Å². The van der Waals surface area contributed by atoms with Crippen molar-refractivity contribution in [1.29, 1.82) is 0 Å². The first kappa shape index (κ1) is 15.5. The van der Waals surface area contributed by atoms with Crippen LogP contribution in [0.25, 0.3) is 0 Å². The molecule has 112 valence electrons. The summed E-state index contributed by atoms with van der Waals surface area (Å²) in [5, 5.41) is 19.8. The Morgan fingerprint density at radius 1 is 1.19 bits per heavy atom. The van der Waals surface area contributed by atoms with E-state index in [1.807, 2.05) is 18.2 Å². The molecule has 4 heteroatoms. The fraction of sp³-hybridized carbons (Fsp3) is 0.294. The van der Waals surface area contributed by atoms with Crippen molar-refractivity contribution in [2.24, 2.45) is 0 Å². The second-order valence-corrected chi connectivity index (χ2v) is 5.29. The second-order valence-electron chi connectivity index (χ2n) is 5.29. The summed E-state index contributed by atoms with van der Waals surface area (Å²) in [6.45, 7) is 3.11. The van der Waals surface area contributed by atoms with Gasteiger partial charge in [-0.2, -0.15) is 0 Å². The molecule has 2 N–H and O–H groups in total. The van der Waals surface area contributed by atoms with Gasteiger partial charge < -0.3 is 14.9 Å². The maximum atomic E-state index is 13.9. The molecule has 2 unspecified atom stereocenters. The Morgan fingerprint density at radius 2 is 1.86 bits per heavy atom. The van der Waals surface area contributed by atoms with Crippen molar-refractivity contribution >= 4 is 0 Å². The third-order valence-electron chi connectivity index (χ3n) is 3.34.